The average molecular weight is 461 g/mol. The van der Waals surface area contributed by atoms with E-state index in [0.717, 1.165) is 5.56 Å². The molecule has 0 atom stereocenters. The molecular formula is C22H18Cl2N2O3S. The van der Waals surface area contributed by atoms with Gasteiger partial charge in [0.2, 0.25) is 0 Å². The number of rotatable bonds is 6. The van der Waals surface area contributed by atoms with E-state index < -0.39 is 0 Å². The summed E-state index contributed by atoms with van der Waals surface area (Å²) in [6.45, 7) is 0.221. The van der Waals surface area contributed by atoms with Crippen molar-refractivity contribution in [2.24, 2.45) is 0 Å². The Morgan fingerprint density at radius 1 is 1.00 bits per heavy atom. The van der Waals surface area contributed by atoms with Gasteiger partial charge in [0.1, 0.15) is 18.1 Å². The van der Waals surface area contributed by atoms with Gasteiger partial charge in [-0.05, 0) is 60.7 Å². The summed E-state index contributed by atoms with van der Waals surface area (Å²) in [5, 5.41) is 6.80. The van der Waals surface area contributed by atoms with E-state index in [4.69, 9.17) is 44.9 Å². The van der Waals surface area contributed by atoms with Gasteiger partial charge in [0.05, 0.1) is 7.11 Å². The van der Waals surface area contributed by atoms with Crippen LogP contribution in [0.5, 0.6) is 11.5 Å². The molecular weight excluding hydrogens is 443 g/mol. The molecule has 0 radical (unpaired) electrons. The highest BCUT2D eigenvalue weighted by Crippen LogP contribution is 2.27. The van der Waals surface area contributed by atoms with Crippen molar-refractivity contribution in [3.8, 4) is 11.5 Å². The number of amides is 1. The monoisotopic (exact) mass is 460 g/mol. The maximum atomic E-state index is 12.2. The van der Waals surface area contributed by atoms with Crippen LogP contribution in [0.4, 0.5) is 5.69 Å². The van der Waals surface area contributed by atoms with Gasteiger partial charge < -0.3 is 14.8 Å². The normalized spacial score (nSPS) is 10.2. The van der Waals surface area contributed by atoms with Crippen molar-refractivity contribution in [3.05, 3.63) is 87.9 Å². The highest BCUT2D eigenvalue weighted by molar-refractivity contribution is 7.80. The summed E-state index contributed by atoms with van der Waals surface area (Å²) in [5.74, 6) is 0.898. The smallest absolute Gasteiger partial charge is 0.257 e. The molecule has 0 aliphatic rings. The standard InChI is InChI=1S/C22H18Cl2N2O3S/c1-28-20-8-7-18(25-22(30)26-21(27)14-5-3-2-4-6-14)9-15(20)13-29-19-11-16(23)10-17(24)12-19/h2-12H,13H2,1H3,(H2,25,26,27,30). The number of nitrogens with one attached hydrogen (secondary N) is 2. The second-order valence-corrected chi connectivity index (χ2v) is 7.48. The second kappa shape index (κ2) is 10.3. The molecule has 1 amide bonds. The summed E-state index contributed by atoms with van der Waals surface area (Å²) in [5.41, 5.74) is 1.97. The van der Waals surface area contributed by atoms with E-state index >= 15 is 0 Å². The Balaban J connectivity index is 1.67. The number of carbonyl (C=O) groups is 1. The maximum absolute atomic E-state index is 12.2. The van der Waals surface area contributed by atoms with Gasteiger partial charge in [-0.25, -0.2) is 0 Å². The van der Waals surface area contributed by atoms with Crippen molar-refractivity contribution in [3.63, 3.8) is 0 Å². The molecule has 30 heavy (non-hydrogen) atoms. The van der Waals surface area contributed by atoms with Gasteiger partial charge in [0.15, 0.2) is 5.11 Å². The SMILES string of the molecule is COc1ccc(NC(=S)NC(=O)c2ccccc2)cc1COc1cc(Cl)cc(Cl)c1. The third kappa shape index (κ3) is 6.10. The van der Waals surface area contributed by atoms with E-state index in [9.17, 15) is 4.79 Å². The fourth-order valence-electron chi connectivity index (χ4n) is 2.67. The van der Waals surface area contributed by atoms with Crippen LogP contribution in [0, 0.1) is 0 Å². The Kier molecular flexibility index (Phi) is 7.52. The van der Waals surface area contributed by atoms with E-state index in [1.54, 1.807) is 61.7 Å². The van der Waals surface area contributed by atoms with Gasteiger partial charge in [-0.15, -0.1) is 0 Å². The van der Waals surface area contributed by atoms with Crippen LogP contribution in [0.3, 0.4) is 0 Å². The first-order valence-corrected chi connectivity index (χ1v) is 10.0. The molecule has 0 aromatic heterocycles. The van der Waals surface area contributed by atoms with Crippen LogP contribution in [0.1, 0.15) is 15.9 Å². The van der Waals surface area contributed by atoms with Gasteiger partial charge >= 0.3 is 0 Å². The molecule has 0 heterocycles. The number of halogens is 2. The molecule has 0 saturated heterocycles. The lowest BCUT2D eigenvalue weighted by molar-refractivity contribution is 0.0977. The van der Waals surface area contributed by atoms with E-state index in [-0.39, 0.29) is 17.6 Å². The van der Waals surface area contributed by atoms with E-state index in [2.05, 4.69) is 10.6 Å². The molecule has 0 spiro atoms. The lowest BCUT2D eigenvalue weighted by Gasteiger charge is -2.14. The number of anilines is 1. The van der Waals surface area contributed by atoms with Crippen LogP contribution in [-0.4, -0.2) is 18.1 Å². The van der Waals surface area contributed by atoms with E-state index in [1.165, 1.54) is 0 Å². The fraction of sp³-hybridized carbons (Fsp3) is 0.0909. The minimum atomic E-state index is -0.289. The van der Waals surface area contributed by atoms with Crippen molar-refractivity contribution in [1.82, 2.24) is 5.32 Å². The lowest BCUT2D eigenvalue weighted by atomic mass is 10.2. The lowest BCUT2D eigenvalue weighted by Crippen LogP contribution is -2.34. The van der Waals surface area contributed by atoms with E-state index in [1.807, 2.05) is 12.1 Å². The minimum absolute atomic E-state index is 0.183. The predicted molar refractivity (Wildman–Crippen MR) is 124 cm³/mol. The molecule has 8 heteroatoms. The predicted octanol–water partition coefficient (Wildman–Crippen LogP) is 5.71. The van der Waals surface area contributed by atoms with Crippen LogP contribution in [0.25, 0.3) is 0 Å². The number of thiocarbonyl (C=S) groups is 1. The fourth-order valence-corrected chi connectivity index (χ4v) is 3.39. The Hall–Kier alpha value is -2.80. The molecule has 3 aromatic carbocycles. The number of carbonyl (C=O) groups excluding carboxylic acids is 1. The maximum Gasteiger partial charge on any atom is 0.257 e. The highest BCUT2D eigenvalue weighted by Gasteiger charge is 2.10. The molecule has 0 saturated carbocycles. The Morgan fingerprint density at radius 2 is 1.70 bits per heavy atom. The summed E-state index contributed by atoms with van der Waals surface area (Å²) >= 11 is 17.3. The number of ether oxygens (including phenoxy) is 2. The Bertz CT molecular complexity index is 1040. The number of hydrogen-bond acceptors (Lipinski definition) is 4. The number of benzene rings is 3. The Labute approximate surface area is 189 Å². The summed E-state index contributed by atoms with van der Waals surface area (Å²) in [6, 6.07) is 19.2. The van der Waals surface area contributed by atoms with Crippen LogP contribution >= 0.6 is 35.4 Å². The third-order valence-corrected chi connectivity index (χ3v) is 4.67. The van der Waals surface area contributed by atoms with Gasteiger partial charge in [-0.2, -0.15) is 0 Å². The molecule has 0 fully saturated rings. The van der Waals surface area contributed by atoms with Crippen LogP contribution < -0.4 is 20.1 Å². The zero-order valence-electron chi connectivity index (χ0n) is 15.9. The van der Waals surface area contributed by atoms with Gasteiger partial charge in [0.25, 0.3) is 5.91 Å². The van der Waals surface area contributed by atoms with Crippen molar-refractivity contribution >= 4 is 52.1 Å². The average Bonchev–Trinajstić information content (AvgIpc) is 2.72. The molecule has 3 rings (SSSR count). The zero-order valence-corrected chi connectivity index (χ0v) is 18.3. The molecule has 0 bridgehead atoms. The molecule has 5 nitrogen and oxygen atoms in total. The molecule has 154 valence electrons. The third-order valence-electron chi connectivity index (χ3n) is 4.03. The van der Waals surface area contributed by atoms with Crippen molar-refractivity contribution < 1.29 is 14.3 Å². The summed E-state index contributed by atoms with van der Waals surface area (Å²) in [4.78, 5) is 12.2. The van der Waals surface area contributed by atoms with Crippen LogP contribution in [-0.2, 0) is 6.61 Å². The quantitative estimate of drug-likeness (QED) is 0.461. The number of hydrogen-bond donors (Lipinski definition) is 2. The van der Waals surface area contributed by atoms with Crippen LogP contribution in [0.2, 0.25) is 10.0 Å². The van der Waals surface area contributed by atoms with Gasteiger partial charge in [-0.3, -0.25) is 10.1 Å². The summed E-state index contributed by atoms with van der Waals surface area (Å²) < 4.78 is 11.2. The van der Waals surface area contributed by atoms with Crippen LogP contribution in [0.15, 0.2) is 66.7 Å². The zero-order chi connectivity index (χ0) is 21.5. The Morgan fingerprint density at radius 3 is 2.37 bits per heavy atom. The summed E-state index contributed by atoms with van der Waals surface area (Å²) in [6.07, 6.45) is 0. The molecule has 2 N–H and O–H groups in total. The number of methoxy groups -OCH3 is 1. The molecule has 0 aliphatic heterocycles. The highest BCUT2D eigenvalue weighted by atomic mass is 35.5. The first-order chi connectivity index (χ1) is 14.4. The first kappa shape index (κ1) is 21.9. The van der Waals surface area contributed by atoms with Crippen molar-refractivity contribution in [2.45, 2.75) is 6.61 Å². The molecule has 3 aromatic rings. The molecule has 0 aliphatic carbocycles. The second-order valence-electron chi connectivity index (χ2n) is 6.19. The van der Waals surface area contributed by atoms with Gasteiger partial charge in [-0.1, -0.05) is 41.4 Å². The topological polar surface area (TPSA) is 59.6 Å². The largest absolute Gasteiger partial charge is 0.496 e. The minimum Gasteiger partial charge on any atom is -0.496 e. The van der Waals surface area contributed by atoms with Crippen molar-refractivity contribution in [2.75, 3.05) is 12.4 Å². The van der Waals surface area contributed by atoms with Crippen molar-refractivity contribution in [1.29, 1.82) is 0 Å². The molecule has 0 unspecified atom stereocenters. The summed E-state index contributed by atoms with van der Waals surface area (Å²) in [7, 11) is 1.58. The van der Waals surface area contributed by atoms with Gasteiger partial charge in [0, 0.05) is 26.9 Å². The van der Waals surface area contributed by atoms with E-state index in [0.29, 0.717) is 32.8 Å². The first-order valence-electron chi connectivity index (χ1n) is 8.88.